The van der Waals surface area contributed by atoms with Crippen LogP contribution in [0.25, 0.3) is 0 Å². The molecule has 152 valence electrons. The number of carbonyl (C=O) groups excluding carboxylic acids is 1. The van der Waals surface area contributed by atoms with Gasteiger partial charge in [-0.1, -0.05) is 24.4 Å². The minimum Gasteiger partial charge on any atom is -0.493 e. The lowest BCUT2D eigenvalue weighted by Crippen LogP contribution is -2.49. The maximum absolute atomic E-state index is 13.4. The third-order valence-corrected chi connectivity index (χ3v) is 5.53. The van der Waals surface area contributed by atoms with Gasteiger partial charge in [0, 0.05) is 6.54 Å². The number of methoxy groups -OCH3 is 2. The van der Waals surface area contributed by atoms with Crippen molar-refractivity contribution >= 4 is 17.4 Å². The maximum atomic E-state index is 13.4. The number of amides is 1. The second kappa shape index (κ2) is 8.85. The monoisotopic (exact) mass is 407 g/mol. The Bertz CT molecular complexity index is 826. The summed E-state index contributed by atoms with van der Waals surface area (Å²) < 4.78 is 20.4. The third-order valence-electron chi connectivity index (χ3n) is 4.80. The summed E-state index contributed by atoms with van der Waals surface area (Å²) in [6.45, 7) is 4.51. The van der Waals surface area contributed by atoms with Crippen LogP contribution in [-0.2, 0) is 4.74 Å². The Balaban J connectivity index is 2.01. The summed E-state index contributed by atoms with van der Waals surface area (Å²) >= 11 is 1.10. The average molecular weight is 407 g/mol. The van der Waals surface area contributed by atoms with Crippen LogP contribution in [0.2, 0.25) is 0 Å². The molecule has 1 fully saturated rings. The number of aromatic nitrogens is 2. The van der Waals surface area contributed by atoms with Gasteiger partial charge >= 0.3 is 0 Å². The minimum absolute atomic E-state index is 0.0897. The van der Waals surface area contributed by atoms with Crippen molar-refractivity contribution in [2.45, 2.75) is 31.9 Å². The first-order valence-electron chi connectivity index (χ1n) is 9.09. The molecule has 0 saturated carbocycles. The fraction of sp³-hybridized carbons (Fsp3) is 0.526. The van der Waals surface area contributed by atoms with Crippen LogP contribution < -0.4 is 9.47 Å². The number of carbonyl (C=O) groups is 1. The molecular formula is C19H25N3O5S. The van der Waals surface area contributed by atoms with Crippen molar-refractivity contribution in [3.8, 4) is 11.5 Å². The van der Waals surface area contributed by atoms with Crippen LogP contribution in [0.15, 0.2) is 18.2 Å². The lowest BCUT2D eigenvalue weighted by molar-refractivity contribution is -0.0811. The normalized spacial score (nSPS) is 19.7. The Labute approximate surface area is 168 Å². The molecule has 1 aromatic carbocycles. The molecule has 1 saturated heterocycles. The van der Waals surface area contributed by atoms with E-state index in [4.69, 9.17) is 14.2 Å². The molecule has 28 heavy (non-hydrogen) atoms. The van der Waals surface area contributed by atoms with Crippen LogP contribution in [-0.4, -0.2) is 65.6 Å². The molecule has 0 spiro atoms. The van der Waals surface area contributed by atoms with Crippen molar-refractivity contribution in [2.24, 2.45) is 0 Å². The van der Waals surface area contributed by atoms with Crippen molar-refractivity contribution in [3.63, 3.8) is 0 Å². The summed E-state index contributed by atoms with van der Waals surface area (Å²) in [5.41, 5.74) is 1.49. The number of benzene rings is 1. The lowest BCUT2D eigenvalue weighted by Gasteiger charge is -2.40. The standard InChI is InChI=1S/C19H25N3O5S/c1-11(2)16-18(28-21-20-16)19(24)22-7-8-27-15(10-23)17(22)12-5-6-13(25-3)14(9-12)26-4/h5-6,9,11,15,17,23H,7-8,10H2,1-4H3. The van der Waals surface area contributed by atoms with E-state index in [2.05, 4.69) is 9.59 Å². The molecule has 2 atom stereocenters. The maximum Gasteiger partial charge on any atom is 0.268 e. The average Bonchev–Trinajstić information content (AvgIpc) is 3.22. The third kappa shape index (κ3) is 3.82. The fourth-order valence-electron chi connectivity index (χ4n) is 3.40. The van der Waals surface area contributed by atoms with Crippen molar-refractivity contribution in [1.82, 2.24) is 14.5 Å². The summed E-state index contributed by atoms with van der Waals surface area (Å²) in [7, 11) is 3.13. The number of hydrogen-bond acceptors (Lipinski definition) is 8. The van der Waals surface area contributed by atoms with Gasteiger partial charge in [0.25, 0.3) is 5.91 Å². The largest absolute Gasteiger partial charge is 0.493 e. The molecule has 0 aliphatic carbocycles. The molecule has 1 aliphatic heterocycles. The molecule has 1 amide bonds. The number of ether oxygens (including phenoxy) is 3. The second-order valence-electron chi connectivity index (χ2n) is 6.79. The Morgan fingerprint density at radius 1 is 1.36 bits per heavy atom. The van der Waals surface area contributed by atoms with Gasteiger partial charge in [-0.2, -0.15) is 0 Å². The van der Waals surface area contributed by atoms with Crippen molar-refractivity contribution in [1.29, 1.82) is 0 Å². The lowest BCUT2D eigenvalue weighted by atomic mass is 9.97. The highest BCUT2D eigenvalue weighted by Crippen LogP contribution is 2.37. The fourth-order valence-corrected chi connectivity index (χ4v) is 4.18. The molecule has 2 unspecified atom stereocenters. The van der Waals surface area contributed by atoms with E-state index in [1.165, 1.54) is 0 Å². The highest BCUT2D eigenvalue weighted by molar-refractivity contribution is 7.08. The van der Waals surface area contributed by atoms with E-state index >= 15 is 0 Å². The van der Waals surface area contributed by atoms with Gasteiger partial charge in [0.1, 0.15) is 11.0 Å². The van der Waals surface area contributed by atoms with Gasteiger partial charge in [0.05, 0.1) is 39.2 Å². The Morgan fingerprint density at radius 2 is 2.11 bits per heavy atom. The Hall–Kier alpha value is -2.23. The van der Waals surface area contributed by atoms with Gasteiger partial charge in [-0.3, -0.25) is 4.79 Å². The molecule has 1 N–H and O–H groups in total. The number of hydrogen-bond donors (Lipinski definition) is 1. The summed E-state index contributed by atoms with van der Waals surface area (Å²) in [5, 5.41) is 14.0. The molecule has 3 rings (SSSR count). The summed E-state index contributed by atoms with van der Waals surface area (Å²) in [6, 6.07) is 4.99. The molecule has 0 bridgehead atoms. The van der Waals surface area contributed by atoms with Crippen LogP contribution in [0.3, 0.4) is 0 Å². The van der Waals surface area contributed by atoms with E-state index in [1.54, 1.807) is 25.2 Å². The van der Waals surface area contributed by atoms with E-state index in [9.17, 15) is 9.90 Å². The van der Waals surface area contributed by atoms with Gasteiger partial charge in [0.2, 0.25) is 0 Å². The van der Waals surface area contributed by atoms with E-state index in [0.717, 1.165) is 17.1 Å². The zero-order valence-corrected chi connectivity index (χ0v) is 17.2. The topological polar surface area (TPSA) is 94.0 Å². The summed E-state index contributed by atoms with van der Waals surface area (Å²) in [5.74, 6) is 1.08. The second-order valence-corrected chi connectivity index (χ2v) is 7.55. The molecular weight excluding hydrogens is 382 g/mol. The Kier molecular flexibility index (Phi) is 6.48. The van der Waals surface area contributed by atoms with Gasteiger partial charge < -0.3 is 24.2 Å². The smallest absolute Gasteiger partial charge is 0.268 e. The Morgan fingerprint density at radius 3 is 2.75 bits per heavy atom. The quantitative estimate of drug-likeness (QED) is 0.785. The van der Waals surface area contributed by atoms with E-state index in [0.29, 0.717) is 35.2 Å². The van der Waals surface area contributed by atoms with Crippen LogP contribution in [0.5, 0.6) is 11.5 Å². The molecule has 1 aromatic heterocycles. The van der Waals surface area contributed by atoms with Crippen LogP contribution in [0, 0.1) is 0 Å². The summed E-state index contributed by atoms with van der Waals surface area (Å²) in [6.07, 6.45) is -0.542. The van der Waals surface area contributed by atoms with Gasteiger partial charge in [-0.15, -0.1) is 5.10 Å². The molecule has 9 heteroatoms. The van der Waals surface area contributed by atoms with Crippen LogP contribution in [0.1, 0.15) is 46.7 Å². The first kappa shape index (κ1) is 20.5. The minimum atomic E-state index is -0.542. The molecule has 8 nitrogen and oxygen atoms in total. The van der Waals surface area contributed by atoms with E-state index in [-0.39, 0.29) is 18.4 Å². The number of aliphatic hydroxyl groups is 1. The molecule has 0 radical (unpaired) electrons. The zero-order chi connectivity index (χ0) is 20.3. The highest BCUT2D eigenvalue weighted by Gasteiger charge is 2.38. The van der Waals surface area contributed by atoms with Crippen molar-refractivity contribution in [3.05, 3.63) is 34.3 Å². The molecule has 1 aliphatic rings. The SMILES string of the molecule is COc1ccc(C2C(CO)OCCN2C(=O)c2snnc2C(C)C)cc1OC. The molecule has 2 aromatic rings. The van der Waals surface area contributed by atoms with Gasteiger partial charge in [-0.05, 0) is 35.1 Å². The number of morpholine rings is 1. The number of rotatable bonds is 6. The zero-order valence-electron chi connectivity index (χ0n) is 16.4. The number of aliphatic hydroxyl groups excluding tert-OH is 1. The van der Waals surface area contributed by atoms with Crippen molar-refractivity contribution in [2.75, 3.05) is 34.0 Å². The predicted molar refractivity (Wildman–Crippen MR) is 104 cm³/mol. The predicted octanol–water partition coefficient (Wildman–Crippen LogP) is 2.25. The van der Waals surface area contributed by atoms with Gasteiger partial charge in [-0.25, -0.2) is 0 Å². The first-order valence-corrected chi connectivity index (χ1v) is 9.86. The van der Waals surface area contributed by atoms with Crippen LogP contribution >= 0.6 is 11.5 Å². The number of nitrogens with zero attached hydrogens (tertiary/aromatic N) is 3. The first-order chi connectivity index (χ1) is 13.5. The van der Waals surface area contributed by atoms with Crippen LogP contribution in [0.4, 0.5) is 0 Å². The van der Waals surface area contributed by atoms with Gasteiger partial charge in [0.15, 0.2) is 11.5 Å². The van der Waals surface area contributed by atoms with E-state index in [1.807, 2.05) is 26.0 Å². The van der Waals surface area contributed by atoms with Crippen molar-refractivity contribution < 1.29 is 24.1 Å². The summed E-state index contributed by atoms with van der Waals surface area (Å²) in [4.78, 5) is 15.6. The molecule has 2 heterocycles. The van der Waals surface area contributed by atoms with E-state index < -0.39 is 12.1 Å². The highest BCUT2D eigenvalue weighted by atomic mass is 32.1.